The molecular formula is C29H42N2O5. The van der Waals surface area contributed by atoms with E-state index in [9.17, 15) is 19.2 Å². The Balaban J connectivity index is 1.70. The SMILES string of the molecule is CC(=O)[C@@H]1[C@H]2CCC[C@H]2CN1C(=O)[C@H](CC(=O)[C@@H](NC(=O)OCc1ccccc1)C(C)C)C(C)(C)C. The molecule has 0 spiro atoms. The van der Waals surface area contributed by atoms with Gasteiger partial charge in [-0.25, -0.2) is 4.79 Å². The summed E-state index contributed by atoms with van der Waals surface area (Å²) in [5.41, 5.74) is 0.370. The fourth-order valence-corrected chi connectivity index (χ4v) is 5.86. The van der Waals surface area contributed by atoms with Crippen LogP contribution < -0.4 is 5.32 Å². The molecule has 1 aliphatic carbocycles. The van der Waals surface area contributed by atoms with Gasteiger partial charge in [0.15, 0.2) is 11.6 Å². The second-order valence-electron chi connectivity index (χ2n) is 11.9. The first kappa shape index (κ1) is 27.9. The Morgan fingerprint density at radius 3 is 2.33 bits per heavy atom. The Labute approximate surface area is 215 Å². The van der Waals surface area contributed by atoms with Crippen molar-refractivity contribution in [3.8, 4) is 0 Å². The molecule has 2 aliphatic rings. The van der Waals surface area contributed by atoms with Gasteiger partial charge in [0.05, 0.1) is 12.1 Å². The molecule has 1 N–H and O–H groups in total. The highest BCUT2D eigenvalue weighted by atomic mass is 16.5. The number of nitrogens with zero attached hydrogens (tertiary/aromatic N) is 1. The quantitative estimate of drug-likeness (QED) is 0.529. The minimum atomic E-state index is -0.771. The third-order valence-corrected chi connectivity index (χ3v) is 7.84. The van der Waals surface area contributed by atoms with Gasteiger partial charge in [-0.2, -0.15) is 0 Å². The van der Waals surface area contributed by atoms with Crippen molar-refractivity contribution < 1.29 is 23.9 Å². The van der Waals surface area contributed by atoms with Crippen LogP contribution in [0.15, 0.2) is 30.3 Å². The maximum atomic E-state index is 13.9. The number of Topliss-reactive ketones (excluding diaryl/α,β-unsaturated/α-hetero) is 2. The lowest BCUT2D eigenvalue weighted by molar-refractivity contribution is -0.146. The fourth-order valence-electron chi connectivity index (χ4n) is 5.86. The summed E-state index contributed by atoms with van der Waals surface area (Å²) < 4.78 is 5.33. The number of hydrogen-bond acceptors (Lipinski definition) is 5. The van der Waals surface area contributed by atoms with Gasteiger partial charge >= 0.3 is 6.09 Å². The van der Waals surface area contributed by atoms with Crippen molar-refractivity contribution in [1.29, 1.82) is 0 Å². The fraction of sp³-hybridized carbons (Fsp3) is 0.655. The zero-order valence-corrected chi connectivity index (χ0v) is 22.6. The number of benzene rings is 1. The molecule has 198 valence electrons. The number of carbonyl (C=O) groups excluding carboxylic acids is 4. The van der Waals surface area contributed by atoms with E-state index in [4.69, 9.17) is 4.74 Å². The van der Waals surface area contributed by atoms with Crippen LogP contribution in [0.25, 0.3) is 0 Å². The molecule has 7 heteroatoms. The van der Waals surface area contributed by atoms with Crippen molar-refractivity contribution in [1.82, 2.24) is 10.2 Å². The number of hydrogen-bond donors (Lipinski definition) is 1. The monoisotopic (exact) mass is 498 g/mol. The van der Waals surface area contributed by atoms with Crippen molar-refractivity contribution in [2.24, 2.45) is 29.1 Å². The summed E-state index contributed by atoms with van der Waals surface area (Å²) in [6.45, 7) is 11.9. The van der Waals surface area contributed by atoms with Crippen molar-refractivity contribution >= 4 is 23.6 Å². The third kappa shape index (κ3) is 6.54. The Morgan fingerprint density at radius 1 is 1.08 bits per heavy atom. The van der Waals surface area contributed by atoms with E-state index in [1.807, 2.05) is 65.0 Å². The lowest BCUT2D eigenvalue weighted by atomic mass is 9.75. The van der Waals surface area contributed by atoms with Crippen molar-refractivity contribution in [3.63, 3.8) is 0 Å². The molecular weight excluding hydrogens is 456 g/mol. The summed E-state index contributed by atoms with van der Waals surface area (Å²) >= 11 is 0. The van der Waals surface area contributed by atoms with Crippen LogP contribution in [0.5, 0.6) is 0 Å². The molecule has 1 heterocycles. The van der Waals surface area contributed by atoms with E-state index in [1.54, 1.807) is 11.8 Å². The molecule has 1 aliphatic heterocycles. The van der Waals surface area contributed by atoms with Gasteiger partial charge in [-0.15, -0.1) is 0 Å². The lowest BCUT2D eigenvalue weighted by Gasteiger charge is -2.36. The Hall–Kier alpha value is -2.70. The number of amides is 2. The van der Waals surface area contributed by atoms with E-state index in [0.717, 1.165) is 24.8 Å². The van der Waals surface area contributed by atoms with Gasteiger partial charge in [0.25, 0.3) is 0 Å². The Bertz CT molecular complexity index is 952. The van der Waals surface area contributed by atoms with Crippen molar-refractivity contribution in [2.45, 2.75) is 85.9 Å². The minimum absolute atomic E-state index is 0.000599. The summed E-state index contributed by atoms with van der Waals surface area (Å²) in [5.74, 6) is -0.466. The first-order valence-electron chi connectivity index (χ1n) is 13.2. The highest BCUT2D eigenvalue weighted by Gasteiger charge is 2.50. The smallest absolute Gasteiger partial charge is 0.408 e. The number of nitrogens with one attached hydrogen (secondary N) is 1. The lowest BCUT2D eigenvalue weighted by Crippen LogP contribution is -2.50. The summed E-state index contributed by atoms with van der Waals surface area (Å²) in [6.07, 6.45) is 2.46. The first-order valence-corrected chi connectivity index (χ1v) is 13.2. The van der Waals surface area contributed by atoms with E-state index >= 15 is 0 Å². The molecule has 0 unspecified atom stereocenters. The summed E-state index contributed by atoms with van der Waals surface area (Å²) in [5, 5.41) is 2.72. The average Bonchev–Trinajstić information content (AvgIpc) is 3.40. The van der Waals surface area contributed by atoms with E-state index in [0.29, 0.717) is 12.5 Å². The number of rotatable bonds is 9. The Kier molecular flexibility index (Phi) is 8.96. The molecule has 1 saturated carbocycles. The number of ether oxygens (including phenoxy) is 1. The van der Waals surface area contributed by atoms with Gasteiger partial charge in [0, 0.05) is 18.9 Å². The molecule has 1 aromatic rings. The summed E-state index contributed by atoms with van der Waals surface area (Å²) in [6, 6.07) is 8.18. The van der Waals surface area contributed by atoms with E-state index in [2.05, 4.69) is 5.32 Å². The predicted molar refractivity (Wildman–Crippen MR) is 138 cm³/mol. The molecule has 0 bridgehead atoms. The second kappa shape index (κ2) is 11.6. The van der Waals surface area contributed by atoms with Gasteiger partial charge in [-0.1, -0.05) is 71.4 Å². The molecule has 3 rings (SSSR count). The highest BCUT2D eigenvalue weighted by Crippen LogP contribution is 2.44. The molecule has 0 radical (unpaired) electrons. The van der Waals surface area contributed by atoms with Crippen LogP contribution in [0.4, 0.5) is 4.79 Å². The van der Waals surface area contributed by atoms with Crippen LogP contribution in [0, 0.1) is 29.1 Å². The standard InChI is InChI=1S/C29H42N2O5/c1-18(2)25(30-28(35)36-17-20-11-8-7-9-12-20)24(33)15-23(29(4,5)6)27(34)31-16-21-13-10-14-22(21)26(31)19(3)32/h7-9,11-12,18,21-23,25-26H,10,13-17H2,1-6H3,(H,30,35)/t21-,22-,23-,25-,26+/m0/s1. The van der Waals surface area contributed by atoms with E-state index < -0.39 is 29.5 Å². The Morgan fingerprint density at radius 2 is 1.75 bits per heavy atom. The zero-order valence-electron chi connectivity index (χ0n) is 22.6. The van der Waals surface area contributed by atoms with Crippen LogP contribution in [-0.4, -0.2) is 47.1 Å². The minimum Gasteiger partial charge on any atom is -0.445 e. The molecule has 1 aromatic carbocycles. The topological polar surface area (TPSA) is 92.8 Å². The largest absolute Gasteiger partial charge is 0.445 e. The summed E-state index contributed by atoms with van der Waals surface area (Å²) in [7, 11) is 0. The number of ketones is 2. The normalized spacial score (nSPS) is 23.2. The number of carbonyl (C=O) groups is 4. The van der Waals surface area contributed by atoms with Crippen molar-refractivity contribution in [2.75, 3.05) is 6.54 Å². The number of alkyl carbamates (subject to hydrolysis) is 1. The molecule has 7 nitrogen and oxygen atoms in total. The maximum absolute atomic E-state index is 13.9. The van der Waals surface area contributed by atoms with Gasteiger partial charge in [0.1, 0.15) is 6.61 Å². The number of fused-ring (bicyclic) bond motifs is 1. The predicted octanol–water partition coefficient (Wildman–Crippen LogP) is 4.78. The molecule has 0 aromatic heterocycles. The molecule has 1 saturated heterocycles. The van der Waals surface area contributed by atoms with Gasteiger partial charge in [0.2, 0.25) is 5.91 Å². The average molecular weight is 499 g/mol. The zero-order chi connectivity index (χ0) is 26.6. The molecule has 36 heavy (non-hydrogen) atoms. The van der Waals surface area contributed by atoms with Crippen LogP contribution in [0.1, 0.15) is 72.8 Å². The van der Waals surface area contributed by atoms with Crippen molar-refractivity contribution in [3.05, 3.63) is 35.9 Å². The number of likely N-dealkylation sites (tertiary alicyclic amines) is 1. The highest BCUT2D eigenvalue weighted by molar-refractivity contribution is 5.94. The molecule has 2 amide bonds. The van der Waals surface area contributed by atoms with Crippen LogP contribution in [-0.2, 0) is 25.7 Å². The third-order valence-electron chi connectivity index (χ3n) is 7.84. The van der Waals surface area contributed by atoms with Gasteiger partial charge in [-0.05, 0) is 48.5 Å². The first-order chi connectivity index (χ1) is 16.9. The van der Waals surface area contributed by atoms with Crippen LogP contribution in [0.2, 0.25) is 0 Å². The van der Waals surface area contributed by atoms with E-state index in [1.165, 1.54) is 0 Å². The molecule has 2 fully saturated rings. The van der Waals surface area contributed by atoms with E-state index in [-0.39, 0.29) is 42.3 Å². The molecule has 5 atom stereocenters. The van der Waals surface area contributed by atoms with Crippen LogP contribution >= 0.6 is 0 Å². The second-order valence-corrected chi connectivity index (χ2v) is 11.9. The van der Waals surface area contributed by atoms with Crippen LogP contribution in [0.3, 0.4) is 0 Å². The maximum Gasteiger partial charge on any atom is 0.408 e. The van der Waals surface area contributed by atoms with Gasteiger partial charge < -0.3 is 15.0 Å². The van der Waals surface area contributed by atoms with Gasteiger partial charge in [-0.3, -0.25) is 14.4 Å². The summed E-state index contributed by atoms with van der Waals surface area (Å²) in [4.78, 5) is 54.1.